The van der Waals surface area contributed by atoms with Crippen molar-refractivity contribution in [2.75, 3.05) is 18.9 Å². The van der Waals surface area contributed by atoms with Gasteiger partial charge in [0.1, 0.15) is 0 Å². The van der Waals surface area contributed by atoms with Gasteiger partial charge in [-0.2, -0.15) is 0 Å². The third-order valence-electron chi connectivity index (χ3n) is 2.06. The second-order valence-corrected chi connectivity index (χ2v) is 4.52. The molecule has 1 aromatic rings. The first-order valence-corrected chi connectivity index (χ1v) is 7.03. The summed E-state index contributed by atoms with van der Waals surface area (Å²) in [5.74, 6) is -0.0613. The van der Waals surface area contributed by atoms with E-state index in [9.17, 15) is 9.59 Å². The molecule has 19 heavy (non-hydrogen) atoms. The Balaban J connectivity index is 2.07. The molecule has 0 fully saturated rings. The Bertz CT molecular complexity index is 400. The predicted molar refractivity (Wildman–Crippen MR) is 71.6 cm³/mol. The third-order valence-corrected chi connectivity index (χ3v) is 2.94. The van der Waals surface area contributed by atoms with Crippen molar-refractivity contribution in [1.82, 2.24) is 15.3 Å². The van der Waals surface area contributed by atoms with Crippen LogP contribution >= 0.6 is 11.8 Å². The zero-order chi connectivity index (χ0) is 13.9. The first-order chi connectivity index (χ1) is 9.22. The Morgan fingerprint density at radius 3 is 2.79 bits per heavy atom. The van der Waals surface area contributed by atoms with Crippen molar-refractivity contribution in [3.63, 3.8) is 0 Å². The van der Waals surface area contributed by atoms with Crippen LogP contribution in [0.5, 0.6) is 0 Å². The van der Waals surface area contributed by atoms with Crippen molar-refractivity contribution in [1.29, 1.82) is 0 Å². The SMILES string of the molecule is CCOC(=O)CCCNC(=O)CSc1ncccn1. The fraction of sp³-hybridized carbons (Fsp3) is 0.500. The molecule has 104 valence electrons. The summed E-state index contributed by atoms with van der Waals surface area (Å²) in [6.07, 6.45) is 4.17. The fourth-order valence-corrected chi connectivity index (χ4v) is 1.87. The number of rotatable bonds is 8. The summed E-state index contributed by atoms with van der Waals surface area (Å²) in [7, 11) is 0. The van der Waals surface area contributed by atoms with E-state index in [2.05, 4.69) is 15.3 Å². The lowest BCUT2D eigenvalue weighted by Crippen LogP contribution is -2.26. The highest BCUT2D eigenvalue weighted by atomic mass is 32.2. The smallest absolute Gasteiger partial charge is 0.305 e. The number of thioether (sulfide) groups is 1. The summed E-state index contributed by atoms with van der Waals surface area (Å²) < 4.78 is 4.78. The van der Waals surface area contributed by atoms with Crippen LogP contribution in [-0.2, 0) is 14.3 Å². The minimum atomic E-state index is -0.233. The summed E-state index contributed by atoms with van der Waals surface area (Å²) in [5.41, 5.74) is 0. The number of ether oxygens (including phenoxy) is 1. The van der Waals surface area contributed by atoms with Crippen LogP contribution in [-0.4, -0.2) is 40.7 Å². The number of amides is 1. The van der Waals surface area contributed by atoms with Crippen LogP contribution < -0.4 is 5.32 Å². The number of nitrogens with one attached hydrogen (secondary N) is 1. The molecule has 1 rings (SSSR count). The lowest BCUT2D eigenvalue weighted by molar-refractivity contribution is -0.143. The van der Waals surface area contributed by atoms with Crippen LogP contribution in [0.3, 0.4) is 0 Å². The van der Waals surface area contributed by atoms with Crippen molar-refractivity contribution >= 4 is 23.6 Å². The van der Waals surface area contributed by atoms with Crippen LogP contribution in [0, 0.1) is 0 Å². The van der Waals surface area contributed by atoms with Crippen molar-refractivity contribution in [2.45, 2.75) is 24.9 Å². The van der Waals surface area contributed by atoms with Gasteiger partial charge in [-0.15, -0.1) is 0 Å². The number of aromatic nitrogens is 2. The monoisotopic (exact) mass is 283 g/mol. The number of nitrogens with zero attached hydrogens (tertiary/aromatic N) is 2. The van der Waals surface area contributed by atoms with E-state index in [1.165, 1.54) is 11.8 Å². The number of hydrogen-bond donors (Lipinski definition) is 1. The summed E-state index contributed by atoms with van der Waals surface area (Å²) in [6, 6.07) is 1.72. The van der Waals surface area contributed by atoms with E-state index in [-0.39, 0.29) is 17.6 Å². The topological polar surface area (TPSA) is 81.2 Å². The molecule has 0 unspecified atom stereocenters. The largest absolute Gasteiger partial charge is 0.466 e. The highest BCUT2D eigenvalue weighted by Gasteiger charge is 2.05. The number of carbonyl (C=O) groups is 2. The van der Waals surface area contributed by atoms with Crippen molar-refractivity contribution in [3.05, 3.63) is 18.5 Å². The molecule has 0 spiro atoms. The lowest BCUT2D eigenvalue weighted by atomic mass is 10.3. The van der Waals surface area contributed by atoms with Gasteiger partial charge < -0.3 is 10.1 Å². The summed E-state index contributed by atoms with van der Waals surface area (Å²) in [6.45, 7) is 2.62. The molecule has 1 N–H and O–H groups in total. The zero-order valence-corrected chi connectivity index (χ0v) is 11.6. The Hall–Kier alpha value is -1.63. The summed E-state index contributed by atoms with van der Waals surface area (Å²) in [5, 5.41) is 3.30. The summed E-state index contributed by atoms with van der Waals surface area (Å²) in [4.78, 5) is 30.5. The van der Waals surface area contributed by atoms with Gasteiger partial charge >= 0.3 is 5.97 Å². The highest BCUT2D eigenvalue weighted by molar-refractivity contribution is 7.99. The maximum atomic E-state index is 11.5. The van der Waals surface area contributed by atoms with E-state index in [0.29, 0.717) is 31.1 Å². The molecule has 1 aromatic heterocycles. The second-order valence-electron chi connectivity index (χ2n) is 3.58. The van der Waals surface area contributed by atoms with Crippen LogP contribution in [0.25, 0.3) is 0 Å². The number of hydrogen-bond acceptors (Lipinski definition) is 6. The Morgan fingerprint density at radius 1 is 1.37 bits per heavy atom. The molecule has 0 atom stereocenters. The molecule has 0 aliphatic carbocycles. The van der Waals surface area contributed by atoms with E-state index < -0.39 is 0 Å². The zero-order valence-electron chi connectivity index (χ0n) is 10.8. The van der Waals surface area contributed by atoms with Gasteiger partial charge in [0.05, 0.1) is 12.4 Å². The Kier molecular flexibility index (Phi) is 7.57. The molecule has 0 saturated heterocycles. The maximum Gasteiger partial charge on any atom is 0.305 e. The molecule has 0 saturated carbocycles. The molecular formula is C12H17N3O3S. The van der Waals surface area contributed by atoms with E-state index in [1.54, 1.807) is 25.4 Å². The molecule has 0 aliphatic rings. The van der Waals surface area contributed by atoms with E-state index in [4.69, 9.17) is 4.74 Å². The van der Waals surface area contributed by atoms with Gasteiger partial charge in [-0.05, 0) is 19.4 Å². The minimum absolute atomic E-state index is 0.0960. The van der Waals surface area contributed by atoms with E-state index in [1.807, 2.05) is 0 Å². The Labute approximate surface area is 116 Å². The standard InChI is InChI=1S/C12H17N3O3S/c1-2-18-11(17)5-3-6-13-10(16)9-19-12-14-7-4-8-15-12/h4,7-8H,2-3,5-6,9H2,1H3,(H,13,16). The second kappa shape index (κ2) is 9.32. The van der Waals surface area contributed by atoms with Gasteiger partial charge in [0.15, 0.2) is 5.16 Å². The number of carbonyl (C=O) groups excluding carboxylic acids is 2. The quantitative estimate of drug-likeness (QED) is 0.332. The van der Waals surface area contributed by atoms with Gasteiger partial charge in [-0.3, -0.25) is 9.59 Å². The van der Waals surface area contributed by atoms with E-state index in [0.717, 1.165) is 0 Å². The van der Waals surface area contributed by atoms with E-state index >= 15 is 0 Å². The molecule has 6 nitrogen and oxygen atoms in total. The molecule has 0 bridgehead atoms. The average Bonchev–Trinajstić information content (AvgIpc) is 2.43. The van der Waals surface area contributed by atoms with Gasteiger partial charge in [0.2, 0.25) is 5.91 Å². The first kappa shape index (κ1) is 15.4. The van der Waals surface area contributed by atoms with Crippen molar-refractivity contribution < 1.29 is 14.3 Å². The normalized spacial score (nSPS) is 9.95. The average molecular weight is 283 g/mol. The molecule has 0 aliphatic heterocycles. The molecule has 1 heterocycles. The predicted octanol–water partition coefficient (Wildman–Crippen LogP) is 1.03. The van der Waals surface area contributed by atoms with Crippen molar-refractivity contribution in [2.24, 2.45) is 0 Å². The van der Waals surface area contributed by atoms with Crippen LogP contribution in [0.2, 0.25) is 0 Å². The van der Waals surface area contributed by atoms with Gasteiger partial charge in [0, 0.05) is 25.4 Å². The van der Waals surface area contributed by atoms with Crippen LogP contribution in [0.15, 0.2) is 23.6 Å². The van der Waals surface area contributed by atoms with Crippen molar-refractivity contribution in [3.8, 4) is 0 Å². The van der Waals surface area contributed by atoms with Crippen LogP contribution in [0.4, 0.5) is 0 Å². The van der Waals surface area contributed by atoms with Gasteiger partial charge in [0.25, 0.3) is 0 Å². The van der Waals surface area contributed by atoms with Gasteiger partial charge in [-0.1, -0.05) is 11.8 Å². The molecule has 7 heteroatoms. The fourth-order valence-electron chi connectivity index (χ4n) is 1.23. The Morgan fingerprint density at radius 2 is 2.11 bits per heavy atom. The van der Waals surface area contributed by atoms with Crippen LogP contribution in [0.1, 0.15) is 19.8 Å². The highest BCUT2D eigenvalue weighted by Crippen LogP contribution is 2.09. The van der Waals surface area contributed by atoms with Gasteiger partial charge in [-0.25, -0.2) is 9.97 Å². The lowest BCUT2D eigenvalue weighted by Gasteiger charge is -2.04. The molecule has 0 aromatic carbocycles. The minimum Gasteiger partial charge on any atom is -0.466 e. The molecular weight excluding hydrogens is 266 g/mol. The number of esters is 1. The maximum absolute atomic E-state index is 11.5. The summed E-state index contributed by atoms with van der Waals surface area (Å²) >= 11 is 1.28. The first-order valence-electron chi connectivity index (χ1n) is 6.04. The molecule has 0 radical (unpaired) electrons. The third kappa shape index (κ3) is 7.40. The molecule has 1 amide bonds.